The Balaban J connectivity index is 3.27. The van der Waals surface area contributed by atoms with Crippen LogP contribution in [0.3, 0.4) is 0 Å². The van der Waals surface area contributed by atoms with Crippen molar-refractivity contribution >= 4 is 18.1 Å². The highest BCUT2D eigenvalue weighted by molar-refractivity contribution is 6.74. The van der Waals surface area contributed by atoms with Crippen LogP contribution in [0.5, 0.6) is 0 Å². The summed E-state index contributed by atoms with van der Waals surface area (Å²) in [7, 11) is -1.54. The Kier molecular flexibility index (Phi) is 5.81. The van der Waals surface area contributed by atoms with Gasteiger partial charge in [0.15, 0.2) is 18.1 Å². The third-order valence-corrected chi connectivity index (χ3v) is 5.89. The lowest BCUT2D eigenvalue weighted by Gasteiger charge is -2.15. The van der Waals surface area contributed by atoms with Crippen LogP contribution in [0.4, 0.5) is 0 Å². The van der Waals surface area contributed by atoms with Crippen molar-refractivity contribution < 1.29 is 4.12 Å². The fraction of sp³-hybridized carbons (Fsp3) is 0.750. The van der Waals surface area contributed by atoms with Gasteiger partial charge in [0.2, 0.25) is 0 Å². The molecule has 0 unspecified atom stereocenters. The van der Waals surface area contributed by atoms with Crippen LogP contribution in [0, 0.1) is 0 Å². The van der Waals surface area contributed by atoms with Gasteiger partial charge in [0, 0.05) is 0 Å². The molecule has 0 rings (SSSR count). The minimum Gasteiger partial charge on any atom is -0.457 e. The highest BCUT2D eigenvalue weighted by atomic mass is 28.4. The average molecular weight is 188 g/mol. The summed E-state index contributed by atoms with van der Waals surface area (Å²) in [5.41, 5.74) is 2.27. The zero-order chi connectivity index (χ0) is 8.74. The molecule has 0 saturated carbocycles. The quantitative estimate of drug-likeness (QED) is 0.601. The molecule has 0 aliphatic rings. The van der Waals surface area contributed by atoms with Gasteiger partial charge in [-0.25, -0.2) is 0 Å². The van der Waals surface area contributed by atoms with Crippen LogP contribution in [0.2, 0.25) is 19.6 Å². The maximum atomic E-state index is 5.77. The van der Waals surface area contributed by atoms with Crippen molar-refractivity contribution in [3.8, 4) is 0 Å². The summed E-state index contributed by atoms with van der Waals surface area (Å²) in [5, 5.41) is 0. The molecular formula is C8H20OSi2. The molecule has 11 heavy (non-hydrogen) atoms. The molecule has 0 radical (unpaired) electrons. The van der Waals surface area contributed by atoms with Crippen LogP contribution in [0.15, 0.2) is 11.8 Å². The normalized spacial score (nSPS) is 13.8. The van der Waals surface area contributed by atoms with E-state index in [1.807, 2.05) is 0 Å². The fourth-order valence-electron chi connectivity index (χ4n) is 0.651. The zero-order valence-electron chi connectivity index (χ0n) is 8.18. The lowest BCUT2D eigenvalue weighted by molar-refractivity contribution is 0.607. The number of hydrogen-bond donors (Lipinski definition) is 0. The molecule has 0 aliphatic carbocycles. The van der Waals surface area contributed by atoms with E-state index in [4.69, 9.17) is 4.12 Å². The standard InChI is InChI=1S/C8H20OSi2/c1-5-6-7-8-10-9-11(2,3)4/h7-8H,5-6,10H2,1-4H3. The first-order valence-electron chi connectivity index (χ1n) is 4.35. The SMILES string of the molecule is CCCC=C[SiH2]O[Si](C)(C)C. The number of rotatable bonds is 5. The first-order valence-corrected chi connectivity index (χ1v) is 9.15. The van der Waals surface area contributed by atoms with Gasteiger partial charge in [0.05, 0.1) is 0 Å². The lowest BCUT2D eigenvalue weighted by Crippen LogP contribution is -2.26. The molecular weight excluding hydrogens is 168 g/mol. The summed E-state index contributed by atoms with van der Waals surface area (Å²) in [4.78, 5) is 0. The van der Waals surface area contributed by atoms with Gasteiger partial charge in [-0.2, -0.15) is 0 Å². The van der Waals surface area contributed by atoms with E-state index < -0.39 is 8.32 Å². The first kappa shape index (κ1) is 11.1. The average Bonchev–Trinajstić information content (AvgIpc) is 1.85. The van der Waals surface area contributed by atoms with Gasteiger partial charge < -0.3 is 4.12 Å². The van der Waals surface area contributed by atoms with E-state index in [0.717, 1.165) is 0 Å². The van der Waals surface area contributed by atoms with E-state index in [-0.39, 0.29) is 9.76 Å². The third kappa shape index (κ3) is 10.1. The van der Waals surface area contributed by atoms with E-state index in [2.05, 4.69) is 38.3 Å². The molecule has 1 nitrogen and oxygen atoms in total. The summed E-state index contributed by atoms with van der Waals surface area (Å²) >= 11 is 0. The summed E-state index contributed by atoms with van der Waals surface area (Å²) < 4.78 is 5.77. The smallest absolute Gasteiger partial charge is 0.171 e. The molecule has 0 aromatic rings. The second kappa shape index (κ2) is 5.74. The predicted molar refractivity (Wildman–Crippen MR) is 57.0 cm³/mol. The zero-order valence-corrected chi connectivity index (χ0v) is 10.6. The molecule has 3 heteroatoms. The van der Waals surface area contributed by atoms with Gasteiger partial charge in [-0.15, -0.1) is 0 Å². The summed E-state index contributed by atoms with van der Waals surface area (Å²) in [6, 6.07) is 0. The Hall–Kier alpha value is 0.134. The van der Waals surface area contributed by atoms with E-state index in [1.54, 1.807) is 0 Å². The van der Waals surface area contributed by atoms with Gasteiger partial charge in [-0.1, -0.05) is 25.1 Å². The van der Waals surface area contributed by atoms with Crippen LogP contribution in [-0.2, 0) is 4.12 Å². The summed E-state index contributed by atoms with van der Waals surface area (Å²) in [6.07, 6.45) is 4.71. The molecule has 0 atom stereocenters. The van der Waals surface area contributed by atoms with Crippen molar-refractivity contribution in [2.75, 3.05) is 0 Å². The highest BCUT2D eigenvalue weighted by Crippen LogP contribution is 2.00. The van der Waals surface area contributed by atoms with Crippen molar-refractivity contribution in [2.24, 2.45) is 0 Å². The van der Waals surface area contributed by atoms with Gasteiger partial charge in [-0.05, 0) is 26.1 Å². The van der Waals surface area contributed by atoms with Crippen LogP contribution in [0.1, 0.15) is 19.8 Å². The molecule has 0 bridgehead atoms. The molecule has 0 saturated heterocycles. The molecule has 0 heterocycles. The van der Waals surface area contributed by atoms with E-state index in [1.165, 1.54) is 12.8 Å². The fourth-order valence-corrected chi connectivity index (χ4v) is 3.41. The number of allylic oxidation sites excluding steroid dienone is 1. The highest BCUT2D eigenvalue weighted by Gasteiger charge is 2.11. The summed E-state index contributed by atoms with van der Waals surface area (Å²) in [5.74, 6) is 0. The monoisotopic (exact) mass is 188 g/mol. The van der Waals surface area contributed by atoms with E-state index in [9.17, 15) is 0 Å². The lowest BCUT2D eigenvalue weighted by atomic mass is 10.3. The second-order valence-corrected chi connectivity index (χ2v) is 9.87. The molecule has 0 aromatic carbocycles. The van der Waals surface area contributed by atoms with Crippen LogP contribution < -0.4 is 0 Å². The van der Waals surface area contributed by atoms with Crippen molar-refractivity contribution in [3.05, 3.63) is 11.8 Å². The van der Waals surface area contributed by atoms with E-state index >= 15 is 0 Å². The maximum absolute atomic E-state index is 5.77. The Morgan fingerprint density at radius 2 is 2.00 bits per heavy atom. The Morgan fingerprint density at radius 1 is 1.36 bits per heavy atom. The Labute approximate surface area is 73.9 Å². The van der Waals surface area contributed by atoms with Crippen molar-refractivity contribution in [1.29, 1.82) is 0 Å². The first-order chi connectivity index (χ1) is 5.06. The van der Waals surface area contributed by atoms with Crippen molar-refractivity contribution in [3.63, 3.8) is 0 Å². The van der Waals surface area contributed by atoms with Gasteiger partial charge in [-0.3, -0.25) is 0 Å². The van der Waals surface area contributed by atoms with Crippen LogP contribution in [-0.4, -0.2) is 18.1 Å². The molecule has 0 amide bonds. The predicted octanol–water partition coefficient (Wildman–Crippen LogP) is 2.24. The van der Waals surface area contributed by atoms with Crippen LogP contribution in [0.25, 0.3) is 0 Å². The Bertz CT molecular complexity index is 116. The third-order valence-electron chi connectivity index (χ3n) is 1.23. The Morgan fingerprint density at radius 3 is 2.45 bits per heavy atom. The molecule has 0 aliphatic heterocycles. The molecule has 0 N–H and O–H groups in total. The van der Waals surface area contributed by atoms with Gasteiger partial charge in [0.1, 0.15) is 0 Å². The molecule has 0 aromatic heterocycles. The van der Waals surface area contributed by atoms with E-state index in [0.29, 0.717) is 0 Å². The molecule has 0 fully saturated rings. The van der Waals surface area contributed by atoms with Gasteiger partial charge in [0.25, 0.3) is 0 Å². The molecule has 0 spiro atoms. The number of hydrogen-bond acceptors (Lipinski definition) is 1. The topological polar surface area (TPSA) is 9.23 Å². The maximum Gasteiger partial charge on any atom is 0.171 e. The van der Waals surface area contributed by atoms with Crippen molar-refractivity contribution in [1.82, 2.24) is 0 Å². The second-order valence-electron chi connectivity index (χ2n) is 3.68. The van der Waals surface area contributed by atoms with Crippen molar-refractivity contribution in [2.45, 2.75) is 39.4 Å². The minimum atomic E-state index is -1.21. The molecule has 66 valence electrons. The van der Waals surface area contributed by atoms with Crippen LogP contribution >= 0.6 is 0 Å². The summed E-state index contributed by atoms with van der Waals surface area (Å²) in [6.45, 7) is 8.93. The number of unbranched alkanes of at least 4 members (excludes halogenated alkanes) is 1. The van der Waals surface area contributed by atoms with Gasteiger partial charge >= 0.3 is 0 Å². The largest absolute Gasteiger partial charge is 0.457 e. The minimum absolute atomic E-state index is 0.332.